The van der Waals surface area contributed by atoms with E-state index < -0.39 is 0 Å². The zero-order valence-electron chi connectivity index (χ0n) is 21.3. The van der Waals surface area contributed by atoms with Gasteiger partial charge in [-0.2, -0.15) is 0 Å². The Morgan fingerprint density at radius 1 is 0.722 bits per heavy atom. The maximum absolute atomic E-state index is 5.94. The highest BCUT2D eigenvalue weighted by Crippen LogP contribution is 2.29. The van der Waals surface area contributed by atoms with Crippen LogP contribution in [0.3, 0.4) is 0 Å². The van der Waals surface area contributed by atoms with Crippen LogP contribution in [0.5, 0.6) is 5.75 Å². The number of hydrogen-bond acceptors (Lipinski definition) is 5. The number of ether oxygens (including phenoxy) is 1. The zero-order valence-corrected chi connectivity index (χ0v) is 21.3. The summed E-state index contributed by atoms with van der Waals surface area (Å²) in [5.41, 5.74) is 7.00. The Hall–Kier alpha value is -3.84. The van der Waals surface area contributed by atoms with Crippen LogP contribution in [-0.4, -0.2) is 63.7 Å². The number of aromatic amines is 2. The number of imidazole rings is 2. The molecule has 6 rings (SSSR count). The molecule has 0 aliphatic carbocycles. The molecule has 2 aromatic heterocycles. The van der Waals surface area contributed by atoms with Gasteiger partial charge in [0.05, 0.1) is 22.1 Å². The standard InChI is InChI=1S/C29H32N6O/c1-29(2,3)36-22-9-5-19(6-10-22)27-30-23-11-7-20(17-25(23)32-27)28-31-24-12-8-21(18-26(24)33-28)35-15-13-34(4)14-16-35/h5-12,17-18H,13-16H2,1-4H3,(H,30,32)(H,31,33). The minimum absolute atomic E-state index is 0.222. The van der Waals surface area contributed by atoms with Gasteiger partial charge in [0.2, 0.25) is 0 Å². The van der Waals surface area contributed by atoms with Crippen molar-refractivity contribution < 1.29 is 4.74 Å². The Balaban J connectivity index is 1.26. The van der Waals surface area contributed by atoms with Crippen LogP contribution in [0.4, 0.5) is 5.69 Å². The van der Waals surface area contributed by atoms with Crippen LogP contribution in [0.2, 0.25) is 0 Å². The van der Waals surface area contributed by atoms with Crippen molar-refractivity contribution in [2.75, 3.05) is 38.1 Å². The van der Waals surface area contributed by atoms with E-state index in [1.54, 1.807) is 0 Å². The Morgan fingerprint density at radius 3 is 1.97 bits per heavy atom. The van der Waals surface area contributed by atoms with E-state index in [0.717, 1.165) is 76.8 Å². The first-order valence-corrected chi connectivity index (χ1v) is 12.5. The Labute approximate surface area is 211 Å². The molecule has 0 radical (unpaired) electrons. The fourth-order valence-corrected chi connectivity index (χ4v) is 4.72. The molecular weight excluding hydrogens is 448 g/mol. The Morgan fingerprint density at radius 2 is 1.31 bits per heavy atom. The lowest BCUT2D eigenvalue weighted by atomic mass is 10.1. The van der Waals surface area contributed by atoms with Crippen molar-refractivity contribution in [1.82, 2.24) is 24.8 Å². The van der Waals surface area contributed by atoms with Crippen LogP contribution in [0.1, 0.15) is 20.8 Å². The third kappa shape index (κ3) is 4.54. The summed E-state index contributed by atoms with van der Waals surface area (Å²) in [5.74, 6) is 2.55. The molecule has 2 N–H and O–H groups in total. The van der Waals surface area contributed by atoms with Gasteiger partial charge in [-0.1, -0.05) is 0 Å². The van der Waals surface area contributed by atoms with E-state index in [4.69, 9.17) is 14.7 Å². The normalized spacial score (nSPS) is 15.2. The first kappa shape index (κ1) is 22.6. The molecule has 7 heteroatoms. The number of fused-ring (bicyclic) bond motifs is 2. The molecular formula is C29H32N6O. The van der Waals surface area contributed by atoms with Gasteiger partial charge in [0.15, 0.2) is 0 Å². The fourth-order valence-electron chi connectivity index (χ4n) is 4.72. The van der Waals surface area contributed by atoms with Crippen molar-refractivity contribution in [2.45, 2.75) is 26.4 Å². The molecule has 0 amide bonds. The number of piperazine rings is 1. The van der Waals surface area contributed by atoms with Gasteiger partial charge in [0.25, 0.3) is 0 Å². The highest BCUT2D eigenvalue weighted by atomic mass is 16.5. The molecule has 5 aromatic rings. The molecule has 0 saturated carbocycles. The smallest absolute Gasteiger partial charge is 0.138 e. The van der Waals surface area contributed by atoms with Crippen LogP contribution in [0.25, 0.3) is 44.8 Å². The lowest BCUT2D eigenvalue weighted by Gasteiger charge is -2.34. The van der Waals surface area contributed by atoms with Crippen molar-refractivity contribution in [3.63, 3.8) is 0 Å². The monoisotopic (exact) mass is 480 g/mol. The number of aromatic nitrogens is 4. The van der Waals surface area contributed by atoms with Gasteiger partial charge in [0.1, 0.15) is 23.0 Å². The second kappa shape index (κ2) is 8.68. The Kier molecular flexibility index (Phi) is 5.45. The molecule has 184 valence electrons. The molecule has 36 heavy (non-hydrogen) atoms. The van der Waals surface area contributed by atoms with Gasteiger partial charge in [-0.05, 0) is 88.5 Å². The molecule has 0 spiro atoms. The maximum Gasteiger partial charge on any atom is 0.138 e. The third-order valence-corrected chi connectivity index (χ3v) is 6.64. The summed E-state index contributed by atoms with van der Waals surface area (Å²) < 4.78 is 5.94. The van der Waals surface area contributed by atoms with Gasteiger partial charge in [-0.15, -0.1) is 0 Å². The summed E-state index contributed by atoms with van der Waals surface area (Å²) in [5, 5.41) is 0. The lowest BCUT2D eigenvalue weighted by molar-refractivity contribution is 0.131. The molecule has 0 bridgehead atoms. The maximum atomic E-state index is 5.94. The summed E-state index contributed by atoms with van der Waals surface area (Å²) in [6, 6.07) is 20.8. The number of rotatable bonds is 4. The lowest BCUT2D eigenvalue weighted by Crippen LogP contribution is -2.44. The molecule has 3 aromatic carbocycles. The largest absolute Gasteiger partial charge is 0.488 e. The van der Waals surface area contributed by atoms with Crippen LogP contribution in [0, 0.1) is 0 Å². The van der Waals surface area contributed by atoms with E-state index in [9.17, 15) is 0 Å². The highest BCUT2D eigenvalue weighted by Gasteiger charge is 2.16. The summed E-state index contributed by atoms with van der Waals surface area (Å²) >= 11 is 0. The zero-order chi connectivity index (χ0) is 24.9. The number of benzene rings is 3. The topological polar surface area (TPSA) is 73.1 Å². The van der Waals surface area contributed by atoms with E-state index >= 15 is 0 Å². The van der Waals surface area contributed by atoms with Crippen molar-refractivity contribution in [2.24, 2.45) is 0 Å². The third-order valence-electron chi connectivity index (χ3n) is 6.64. The van der Waals surface area contributed by atoms with E-state index in [1.807, 2.05) is 45.0 Å². The number of nitrogens with zero attached hydrogens (tertiary/aromatic N) is 4. The summed E-state index contributed by atoms with van der Waals surface area (Å²) in [6.45, 7) is 10.4. The molecule has 0 atom stereocenters. The molecule has 1 aliphatic heterocycles. The predicted octanol–water partition coefficient (Wildman–Crippen LogP) is 5.70. The SMILES string of the molecule is CN1CCN(c2ccc3[nH]c(-c4ccc5[nH]c(-c6ccc(OC(C)(C)C)cc6)nc5c4)nc3c2)CC1. The number of nitrogens with one attached hydrogen (secondary N) is 2. The summed E-state index contributed by atoms with van der Waals surface area (Å²) in [7, 11) is 2.18. The minimum Gasteiger partial charge on any atom is -0.488 e. The van der Waals surface area contributed by atoms with Gasteiger partial charge in [0, 0.05) is 43.0 Å². The van der Waals surface area contributed by atoms with Crippen LogP contribution < -0.4 is 9.64 Å². The quantitative estimate of drug-likeness (QED) is 0.345. The average Bonchev–Trinajstić information content (AvgIpc) is 3.47. The Bertz CT molecular complexity index is 1520. The van der Waals surface area contributed by atoms with Crippen LogP contribution >= 0.6 is 0 Å². The molecule has 1 saturated heterocycles. The number of H-pyrrole nitrogens is 2. The van der Waals surface area contributed by atoms with E-state index in [2.05, 4.69) is 63.2 Å². The van der Waals surface area contributed by atoms with E-state index in [1.165, 1.54) is 5.69 Å². The predicted molar refractivity (Wildman–Crippen MR) is 147 cm³/mol. The molecule has 7 nitrogen and oxygen atoms in total. The van der Waals surface area contributed by atoms with Gasteiger partial charge in [-0.25, -0.2) is 9.97 Å². The summed E-state index contributed by atoms with van der Waals surface area (Å²) in [4.78, 5) is 21.5. The fraction of sp³-hybridized carbons (Fsp3) is 0.310. The number of anilines is 1. The van der Waals surface area contributed by atoms with Crippen molar-refractivity contribution in [3.05, 3.63) is 60.7 Å². The van der Waals surface area contributed by atoms with E-state index in [-0.39, 0.29) is 5.60 Å². The molecule has 1 fully saturated rings. The molecule has 1 aliphatic rings. The average molecular weight is 481 g/mol. The first-order chi connectivity index (χ1) is 17.3. The van der Waals surface area contributed by atoms with Crippen LogP contribution in [0.15, 0.2) is 60.7 Å². The van der Waals surface area contributed by atoms with Crippen molar-refractivity contribution >= 4 is 27.8 Å². The van der Waals surface area contributed by atoms with Gasteiger partial charge >= 0.3 is 0 Å². The molecule has 0 unspecified atom stereocenters. The van der Waals surface area contributed by atoms with E-state index in [0.29, 0.717) is 0 Å². The van der Waals surface area contributed by atoms with Crippen LogP contribution in [-0.2, 0) is 0 Å². The molecule has 3 heterocycles. The number of likely N-dealkylation sites (N-methyl/N-ethyl adjacent to an activating group) is 1. The second-order valence-electron chi connectivity index (χ2n) is 10.6. The van der Waals surface area contributed by atoms with Crippen molar-refractivity contribution in [1.29, 1.82) is 0 Å². The summed E-state index contributed by atoms with van der Waals surface area (Å²) in [6.07, 6.45) is 0. The van der Waals surface area contributed by atoms with Crippen molar-refractivity contribution in [3.8, 4) is 28.5 Å². The minimum atomic E-state index is -0.222. The van der Waals surface area contributed by atoms with Gasteiger partial charge < -0.3 is 24.5 Å². The second-order valence-corrected chi connectivity index (χ2v) is 10.6. The number of hydrogen-bond donors (Lipinski definition) is 2. The van der Waals surface area contributed by atoms with Gasteiger partial charge in [-0.3, -0.25) is 0 Å². The first-order valence-electron chi connectivity index (χ1n) is 12.5. The highest BCUT2D eigenvalue weighted by molar-refractivity contribution is 5.87.